The van der Waals surface area contributed by atoms with Gasteiger partial charge in [-0.25, -0.2) is 0 Å². The lowest BCUT2D eigenvalue weighted by Crippen LogP contribution is -2.28. The molecule has 1 aromatic carbocycles. The zero-order valence-corrected chi connectivity index (χ0v) is 13.0. The minimum absolute atomic E-state index is 0.00256. The van der Waals surface area contributed by atoms with Gasteiger partial charge < -0.3 is 10.2 Å². The van der Waals surface area contributed by atoms with Crippen molar-refractivity contribution in [1.29, 1.82) is 0 Å². The Morgan fingerprint density at radius 2 is 2.13 bits per heavy atom. The molecule has 1 N–H and O–H groups in total. The molecule has 118 valence electrons. The number of pyridine rings is 1. The molecule has 5 nitrogen and oxygen atoms in total. The first-order valence-electron chi connectivity index (χ1n) is 7.78. The van der Waals surface area contributed by atoms with Crippen molar-refractivity contribution in [2.24, 2.45) is 5.92 Å². The van der Waals surface area contributed by atoms with E-state index in [1.807, 2.05) is 24.3 Å². The van der Waals surface area contributed by atoms with Crippen molar-refractivity contribution in [3.8, 4) is 0 Å². The van der Waals surface area contributed by atoms with Gasteiger partial charge in [-0.15, -0.1) is 0 Å². The average Bonchev–Trinajstić information content (AvgIpc) is 2.97. The molecule has 1 aliphatic heterocycles. The van der Waals surface area contributed by atoms with E-state index in [4.69, 9.17) is 0 Å². The highest BCUT2D eigenvalue weighted by Crippen LogP contribution is 2.29. The van der Waals surface area contributed by atoms with Crippen molar-refractivity contribution in [2.75, 3.05) is 16.8 Å². The highest BCUT2D eigenvalue weighted by atomic mass is 16.2. The summed E-state index contributed by atoms with van der Waals surface area (Å²) in [5, 5.41) is 2.82. The number of carbonyl (C=O) groups excluding carboxylic acids is 2. The van der Waals surface area contributed by atoms with Crippen LogP contribution in [0.3, 0.4) is 0 Å². The van der Waals surface area contributed by atoms with Gasteiger partial charge in [0.15, 0.2) is 0 Å². The third-order valence-electron chi connectivity index (χ3n) is 4.09. The summed E-state index contributed by atoms with van der Waals surface area (Å²) >= 11 is 0. The molecule has 0 bridgehead atoms. The number of amides is 2. The largest absolute Gasteiger partial charge is 0.324 e. The molecular formula is C18H19N3O2. The molecule has 0 spiro atoms. The number of hydrogen-bond acceptors (Lipinski definition) is 3. The van der Waals surface area contributed by atoms with Crippen LogP contribution >= 0.6 is 0 Å². The van der Waals surface area contributed by atoms with E-state index < -0.39 is 0 Å². The SMILES string of the molecule is CCc1ccccc1N1CC(C(=O)Nc2cccnc2)CC1=O. The number of hydrogen-bond donors (Lipinski definition) is 1. The first-order valence-corrected chi connectivity index (χ1v) is 7.78. The zero-order chi connectivity index (χ0) is 16.2. The van der Waals surface area contributed by atoms with Gasteiger partial charge in [0.25, 0.3) is 0 Å². The van der Waals surface area contributed by atoms with E-state index in [-0.39, 0.29) is 24.2 Å². The van der Waals surface area contributed by atoms with E-state index in [1.54, 1.807) is 29.4 Å². The summed E-state index contributed by atoms with van der Waals surface area (Å²) in [4.78, 5) is 30.4. The van der Waals surface area contributed by atoms with E-state index in [9.17, 15) is 9.59 Å². The topological polar surface area (TPSA) is 62.3 Å². The van der Waals surface area contributed by atoms with Crippen molar-refractivity contribution < 1.29 is 9.59 Å². The maximum absolute atomic E-state index is 12.4. The van der Waals surface area contributed by atoms with Crippen LogP contribution < -0.4 is 10.2 Å². The second-order valence-electron chi connectivity index (χ2n) is 5.62. The van der Waals surface area contributed by atoms with Crippen LogP contribution in [-0.4, -0.2) is 23.3 Å². The quantitative estimate of drug-likeness (QED) is 0.944. The molecule has 2 aromatic rings. The zero-order valence-electron chi connectivity index (χ0n) is 13.0. The molecular weight excluding hydrogens is 290 g/mol. The molecule has 1 atom stereocenters. The molecule has 5 heteroatoms. The molecule has 2 heterocycles. The number of carbonyl (C=O) groups is 2. The lowest BCUT2D eigenvalue weighted by atomic mass is 10.1. The van der Waals surface area contributed by atoms with Gasteiger partial charge in [-0.05, 0) is 30.2 Å². The number of aromatic nitrogens is 1. The molecule has 2 amide bonds. The molecule has 3 rings (SSSR count). The van der Waals surface area contributed by atoms with Crippen LogP contribution in [-0.2, 0) is 16.0 Å². The lowest BCUT2D eigenvalue weighted by Gasteiger charge is -2.19. The fraction of sp³-hybridized carbons (Fsp3) is 0.278. The number of nitrogens with zero attached hydrogens (tertiary/aromatic N) is 2. The Bertz CT molecular complexity index is 715. The van der Waals surface area contributed by atoms with E-state index in [1.165, 1.54) is 0 Å². The van der Waals surface area contributed by atoms with Gasteiger partial charge in [-0.3, -0.25) is 14.6 Å². The lowest BCUT2D eigenvalue weighted by molar-refractivity contribution is -0.122. The van der Waals surface area contributed by atoms with Crippen LogP contribution in [0.5, 0.6) is 0 Å². The van der Waals surface area contributed by atoms with Gasteiger partial charge >= 0.3 is 0 Å². The predicted octanol–water partition coefficient (Wildman–Crippen LogP) is 2.64. The summed E-state index contributed by atoms with van der Waals surface area (Å²) in [6.45, 7) is 2.48. The van der Waals surface area contributed by atoms with Gasteiger partial charge in [0.2, 0.25) is 11.8 Å². The van der Waals surface area contributed by atoms with Gasteiger partial charge in [0, 0.05) is 24.8 Å². The Hall–Kier alpha value is -2.69. The summed E-state index contributed by atoms with van der Waals surface area (Å²) in [5.74, 6) is -0.479. The number of para-hydroxylation sites is 1. The normalized spacial score (nSPS) is 17.3. The fourth-order valence-electron chi connectivity index (χ4n) is 2.87. The van der Waals surface area contributed by atoms with E-state index in [0.717, 1.165) is 17.7 Å². The highest BCUT2D eigenvalue weighted by molar-refractivity contribution is 6.03. The molecule has 23 heavy (non-hydrogen) atoms. The smallest absolute Gasteiger partial charge is 0.229 e. The summed E-state index contributed by atoms with van der Waals surface area (Å²) in [6, 6.07) is 11.4. The standard InChI is InChI=1S/C18H19N3O2/c1-2-13-6-3-4-8-16(13)21-12-14(10-17(21)22)18(23)20-15-7-5-9-19-11-15/h3-9,11,14H,2,10,12H2,1H3,(H,20,23). The van der Waals surface area contributed by atoms with Crippen LogP contribution in [0.1, 0.15) is 18.9 Å². The monoisotopic (exact) mass is 309 g/mol. The van der Waals surface area contributed by atoms with Crippen LogP contribution in [0.25, 0.3) is 0 Å². The Morgan fingerprint density at radius 1 is 1.30 bits per heavy atom. The van der Waals surface area contributed by atoms with Gasteiger partial charge in [0.1, 0.15) is 0 Å². The van der Waals surface area contributed by atoms with Crippen molar-refractivity contribution >= 4 is 23.2 Å². The average molecular weight is 309 g/mol. The van der Waals surface area contributed by atoms with Gasteiger partial charge in [0.05, 0.1) is 17.8 Å². The van der Waals surface area contributed by atoms with Gasteiger partial charge in [-0.2, -0.15) is 0 Å². The summed E-state index contributed by atoms with van der Waals surface area (Å²) in [6.07, 6.45) is 4.34. The minimum atomic E-state index is -0.340. The third kappa shape index (κ3) is 3.23. The molecule has 1 aromatic heterocycles. The molecule has 1 unspecified atom stereocenters. The first-order chi connectivity index (χ1) is 11.2. The van der Waals surface area contributed by atoms with E-state index >= 15 is 0 Å². The number of aryl methyl sites for hydroxylation is 1. The maximum Gasteiger partial charge on any atom is 0.229 e. The third-order valence-corrected chi connectivity index (χ3v) is 4.09. The Balaban J connectivity index is 1.73. The van der Waals surface area contributed by atoms with Crippen molar-refractivity contribution in [3.63, 3.8) is 0 Å². The minimum Gasteiger partial charge on any atom is -0.324 e. The fourth-order valence-corrected chi connectivity index (χ4v) is 2.87. The van der Waals surface area contributed by atoms with Crippen LogP contribution in [0.2, 0.25) is 0 Å². The van der Waals surface area contributed by atoms with E-state index in [0.29, 0.717) is 12.2 Å². The second-order valence-corrected chi connectivity index (χ2v) is 5.62. The molecule has 1 aliphatic rings. The Labute approximate surface area is 135 Å². The number of anilines is 2. The molecule has 1 fully saturated rings. The van der Waals surface area contributed by atoms with E-state index in [2.05, 4.69) is 17.2 Å². The summed E-state index contributed by atoms with van der Waals surface area (Å²) in [5.41, 5.74) is 2.68. The summed E-state index contributed by atoms with van der Waals surface area (Å²) < 4.78 is 0. The highest BCUT2D eigenvalue weighted by Gasteiger charge is 2.35. The Morgan fingerprint density at radius 3 is 2.87 bits per heavy atom. The van der Waals surface area contributed by atoms with Gasteiger partial charge in [-0.1, -0.05) is 25.1 Å². The van der Waals surface area contributed by atoms with Crippen molar-refractivity contribution in [2.45, 2.75) is 19.8 Å². The second kappa shape index (κ2) is 6.60. The number of benzene rings is 1. The van der Waals surface area contributed by atoms with Crippen LogP contribution in [0, 0.1) is 5.92 Å². The summed E-state index contributed by atoms with van der Waals surface area (Å²) in [7, 11) is 0. The van der Waals surface area contributed by atoms with Crippen molar-refractivity contribution in [3.05, 3.63) is 54.4 Å². The molecule has 0 aliphatic carbocycles. The molecule has 1 saturated heterocycles. The van der Waals surface area contributed by atoms with Crippen LogP contribution in [0.4, 0.5) is 11.4 Å². The van der Waals surface area contributed by atoms with Crippen molar-refractivity contribution in [1.82, 2.24) is 4.98 Å². The maximum atomic E-state index is 12.4. The molecule has 0 radical (unpaired) electrons. The number of rotatable bonds is 4. The molecule has 0 saturated carbocycles. The first kappa shape index (κ1) is 15.2. The van der Waals surface area contributed by atoms with Crippen LogP contribution in [0.15, 0.2) is 48.8 Å². The predicted molar refractivity (Wildman–Crippen MR) is 89.1 cm³/mol. The number of nitrogens with one attached hydrogen (secondary N) is 1. The Kier molecular flexibility index (Phi) is 4.37.